The van der Waals surface area contributed by atoms with Gasteiger partial charge in [0.05, 0.1) is 0 Å². The minimum absolute atomic E-state index is 0.125. The molecule has 3 aromatic carbocycles. The van der Waals surface area contributed by atoms with Gasteiger partial charge in [-0.15, -0.1) is 4.91 Å². The minimum Gasteiger partial charge on any atom is -0.508 e. The van der Waals surface area contributed by atoms with Crippen molar-refractivity contribution >= 4 is 22.8 Å². The number of unbranched alkanes of at least 4 members (excludes halogenated alkanes) is 1. The Balaban J connectivity index is 2.20. The van der Waals surface area contributed by atoms with Crippen LogP contribution < -0.4 is 0 Å². The van der Waals surface area contributed by atoms with Gasteiger partial charge in [0.25, 0.3) is 0 Å². The Morgan fingerprint density at radius 2 is 1.52 bits per heavy atom. The zero-order chi connectivity index (χ0) is 23.8. The van der Waals surface area contributed by atoms with Crippen molar-refractivity contribution in [3.63, 3.8) is 0 Å². The molecule has 0 unspecified atom stereocenters. The number of aliphatic carboxylic acids is 1. The van der Waals surface area contributed by atoms with Crippen molar-refractivity contribution in [1.82, 2.24) is 0 Å². The number of aryl methyl sites for hydroxylation is 1. The molecule has 2 N–H and O–H groups in total. The molecule has 5 nitrogen and oxygen atoms in total. The first-order valence-corrected chi connectivity index (χ1v) is 10.9. The Morgan fingerprint density at radius 3 is 2.06 bits per heavy atom. The van der Waals surface area contributed by atoms with Crippen LogP contribution in [0.1, 0.15) is 54.9 Å². The first-order chi connectivity index (χ1) is 15.9. The van der Waals surface area contributed by atoms with Gasteiger partial charge in [-0.25, -0.2) is 4.39 Å². The summed E-state index contributed by atoms with van der Waals surface area (Å²) in [6, 6.07) is 18.6. The second-order valence-electron chi connectivity index (χ2n) is 7.84. The van der Waals surface area contributed by atoms with Crippen molar-refractivity contribution in [2.24, 2.45) is 5.18 Å². The standard InChI is InChI=1S/C27H26FNO4/c1-2-3-4-24(21-6-5-18(25(28)17-21)11-16-26(31)32)27(20-9-14-23(30)15-10-20)19-7-12-22(29-33)13-8-19/h5-10,12-15,17,30H,2-4,11,16H2,1H3,(H,31,32)/b27-24+. The van der Waals surface area contributed by atoms with E-state index in [4.69, 9.17) is 5.11 Å². The van der Waals surface area contributed by atoms with Gasteiger partial charge in [0.2, 0.25) is 0 Å². The van der Waals surface area contributed by atoms with E-state index in [-0.39, 0.29) is 18.6 Å². The average molecular weight is 448 g/mol. The van der Waals surface area contributed by atoms with Crippen LogP contribution in [0.4, 0.5) is 10.1 Å². The average Bonchev–Trinajstić information content (AvgIpc) is 2.82. The van der Waals surface area contributed by atoms with Gasteiger partial charge in [-0.05, 0) is 88.2 Å². The number of aromatic hydroxyl groups is 1. The van der Waals surface area contributed by atoms with Gasteiger partial charge < -0.3 is 10.2 Å². The van der Waals surface area contributed by atoms with Crippen molar-refractivity contribution < 1.29 is 19.4 Å². The molecule has 33 heavy (non-hydrogen) atoms. The summed E-state index contributed by atoms with van der Waals surface area (Å²) >= 11 is 0. The normalized spacial score (nSPS) is 11.7. The molecule has 0 bridgehead atoms. The molecule has 0 saturated heterocycles. The predicted molar refractivity (Wildman–Crippen MR) is 128 cm³/mol. The maximum Gasteiger partial charge on any atom is 0.303 e. The summed E-state index contributed by atoms with van der Waals surface area (Å²) in [4.78, 5) is 21.8. The van der Waals surface area contributed by atoms with Gasteiger partial charge in [-0.2, -0.15) is 0 Å². The predicted octanol–water partition coefficient (Wildman–Crippen LogP) is 7.10. The van der Waals surface area contributed by atoms with Crippen molar-refractivity contribution in [2.75, 3.05) is 0 Å². The smallest absolute Gasteiger partial charge is 0.303 e. The molecule has 0 aromatic heterocycles. The number of carboxylic acid groups (broad SMARTS) is 1. The summed E-state index contributed by atoms with van der Waals surface area (Å²) in [5.74, 6) is -1.26. The highest BCUT2D eigenvalue weighted by Crippen LogP contribution is 2.37. The molecule has 0 aliphatic heterocycles. The van der Waals surface area contributed by atoms with Crippen LogP contribution in [0.3, 0.4) is 0 Å². The second kappa shape index (κ2) is 11.2. The molecule has 0 aliphatic rings. The number of rotatable bonds is 10. The number of phenolic OH excluding ortho intramolecular Hbond substituents is 1. The molecule has 6 heteroatoms. The highest BCUT2D eigenvalue weighted by molar-refractivity contribution is 5.98. The van der Waals surface area contributed by atoms with Gasteiger partial charge in [-0.1, -0.05) is 49.7 Å². The van der Waals surface area contributed by atoms with E-state index >= 15 is 0 Å². The van der Waals surface area contributed by atoms with Crippen LogP contribution >= 0.6 is 0 Å². The fourth-order valence-electron chi connectivity index (χ4n) is 3.78. The number of allylic oxidation sites excluding steroid dienone is 1. The Labute approximate surface area is 192 Å². The molecule has 0 fully saturated rings. The van der Waals surface area contributed by atoms with Gasteiger partial charge >= 0.3 is 5.97 Å². The molecule has 0 spiro atoms. The number of phenols is 1. The lowest BCUT2D eigenvalue weighted by molar-refractivity contribution is -0.136. The number of benzene rings is 3. The quantitative estimate of drug-likeness (QED) is 0.256. The van der Waals surface area contributed by atoms with Crippen LogP contribution in [0.15, 0.2) is 71.9 Å². The summed E-state index contributed by atoms with van der Waals surface area (Å²) in [7, 11) is 0. The molecular weight excluding hydrogens is 421 g/mol. The third-order valence-corrected chi connectivity index (χ3v) is 5.51. The van der Waals surface area contributed by atoms with E-state index in [1.54, 1.807) is 42.5 Å². The zero-order valence-corrected chi connectivity index (χ0v) is 18.4. The van der Waals surface area contributed by atoms with Crippen LogP contribution in [0.25, 0.3) is 11.1 Å². The van der Waals surface area contributed by atoms with Crippen LogP contribution in [0.5, 0.6) is 5.75 Å². The highest BCUT2D eigenvalue weighted by Gasteiger charge is 2.16. The first-order valence-electron chi connectivity index (χ1n) is 10.9. The zero-order valence-electron chi connectivity index (χ0n) is 18.4. The van der Waals surface area contributed by atoms with Gasteiger partial charge in [-0.3, -0.25) is 4.79 Å². The number of hydrogen-bond donors (Lipinski definition) is 2. The Kier molecular flexibility index (Phi) is 8.08. The van der Waals surface area contributed by atoms with E-state index in [0.29, 0.717) is 23.2 Å². The van der Waals surface area contributed by atoms with Crippen molar-refractivity contribution in [2.45, 2.75) is 39.0 Å². The second-order valence-corrected chi connectivity index (χ2v) is 7.84. The maximum absolute atomic E-state index is 14.9. The Hall–Kier alpha value is -3.80. The molecule has 170 valence electrons. The molecule has 0 saturated carbocycles. The van der Waals surface area contributed by atoms with Crippen LogP contribution in [-0.4, -0.2) is 16.2 Å². The van der Waals surface area contributed by atoms with E-state index in [9.17, 15) is 19.2 Å². The molecule has 0 amide bonds. The molecule has 3 rings (SSSR count). The summed E-state index contributed by atoms with van der Waals surface area (Å²) in [5, 5.41) is 21.7. The van der Waals surface area contributed by atoms with E-state index in [0.717, 1.165) is 35.1 Å². The SMILES string of the molecule is CCCC/C(=C(\c1ccc(O)cc1)c1ccc(N=O)cc1)c1ccc(CCC(=O)O)c(F)c1. The van der Waals surface area contributed by atoms with Crippen molar-refractivity contribution in [3.05, 3.63) is 99.7 Å². The van der Waals surface area contributed by atoms with Gasteiger partial charge in [0, 0.05) is 6.42 Å². The summed E-state index contributed by atoms with van der Waals surface area (Å²) in [5.41, 5.74) is 4.88. The lowest BCUT2D eigenvalue weighted by atomic mass is 9.86. The van der Waals surface area contributed by atoms with Crippen LogP contribution in [0, 0.1) is 10.7 Å². The summed E-state index contributed by atoms with van der Waals surface area (Å²) in [6.45, 7) is 2.08. The fourth-order valence-corrected chi connectivity index (χ4v) is 3.78. The lowest BCUT2D eigenvalue weighted by Crippen LogP contribution is -2.01. The Bertz CT molecular complexity index is 1150. The van der Waals surface area contributed by atoms with Crippen molar-refractivity contribution in [3.8, 4) is 5.75 Å². The molecule has 0 heterocycles. The first kappa shape index (κ1) is 23.9. The number of nitrogens with zero attached hydrogens (tertiary/aromatic N) is 1. The number of carboxylic acids is 1. The largest absolute Gasteiger partial charge is 0.508 e. The number of halogens is 1. The molecule has 0 atom stereocenters. The van der Waals surface area contributed by atoms with E-state index < -0.39 is 11.8 Å². The van der Waals surface area contributed by atoms with Crippen LogP contribution in [0.2, 0.25) is 0 Å². The van der Waals surface area contributed by atoms with Gasteiger partial charge in [0.1, 0.15) is 17.3 Å². The van der Waals surface area contributed by atoms with Crippen molar-refractivity contribution in [1.29, 1.82) is 0 Å². The van der Waals surface area contributed by atoms with E-state index in [1.165, 1.54) is 6.07 Å². The summed E-state index contributed by atoms with van der Waals surface area (Å²) in [6.07, 6.45) is 2.51. The lowest BCUT2D eigenvalue weighted by Gasteiger charge is -2.18. The Morgan fingerprint density at radius 1 is 0.909 bits per heavy atom. The topological polar surface area (TPSA) is 87.0 Å². The van der Waals surface area contributed by atoms with E-state index in [2.05, 4.69) is 12.1 Å². The number of nitroso groups, excluding NO2 is 1. The summed E-state index contributed by atoms with van der Waals surface area (Å²) < 4.78 is 14.9. The van der Waals surface area contributed by atoms with Crippen LogP contribution in [-0.2, 0) is 11.2 Å². The maximum atomic E-state index is 14.9. The third kappa shape index (κ3) is 6.13. The third-order valence-electron chi connectivity index (χ3n) is 5.51. The molecule has 0 aliphatic carbocycles. The highest BCUT2D eigenvalue weighted by atomic mass is 19.1. The van der Waals surface area contributed by atoms with Gasteiger partial charge in [0.15, 0.2) is 0 Å². The number of hydrogen-bond acceptors (Lipinski definition) is 4. The van der Waals surface area contributed by atoms with E-state index in [1.807, 2.05) is 18.2 Å². The number of carbonyl (C=O) groups is 1. The molecular formula is C27H26FNO4. The molecule has 3 aromatic rings. The monoisotopic (exact) mass is 447 g/mol. The minimum atomic E-state index is -0.968. The molecule has 0 radical (unpaired) electrons. The fraction of sp³-hybridized carbons (Fsp3) is 0.222.